The first-order valence-electron chi connectivity index (χ1n) is 10.7. The number of carbonyl (C=O) groups is 2. The van der Waals surface area contributed by atoms with Crippen LogP contribution >= 0.6 is 11.3 Å². The van der Waals surface area contributed by atoms with Crippen molar-refractivity contribution in [2.75, 3.05) is 5.32 Å². The summed E-state index contributed by atoms with van der Waals surface area (Å²) in [6.07, 6.45) is 0.0823. The van der Waals surface area contributed by atoms with E-state index in [1.165, 1.54) is 6.92 Å². The van der Waals surface area contributed by atoms with Crippen LogP contribution in [0.25, 0.3) is 27.3 Å². The number of carbonyl (C=O) groups excluding carboxylic acids is 2. The Kier molecular flexibility index (Phi) is 5.73. The van der Waals surface area contributed by atoms with E-state index in [1.54, 1.807) is 40.3 Å². The second-order valence-electron chi connectivity index (χ2n) is 7.97. The van der Waals surface area contributed by atoms with E-state index >= 15 is 0 Å². The molecule has 0 radical (unpaired) electrons. The van der Waals surface area contributed by atoms with Crippen LogP contribution in [0, 0.1) is 6.92 Å². The van der Waals surface area contributed by atoms with Crippen LogP contribution in [0.3, 0.4) is 0 Å². The molecule has 0 aliphatic carbocycles. The normalized spacial score (nSPS) is 11.0. The Hall–Kier alpha value is -4.17. The van der Waals surface area contributed by atoms with Crippen molar-refractivity contribution in [1.29, 1.82) is 0 Å². The number of nitrogens with one attached hydrogen (secondary N) is 1. The lowest BCUT2D eigenvalue weighted by Crippen LogP contribution is -2.15. The lowest BCUT2D eigenvalue weighted by Gasteiger charge is -2.07. The number of amides is 1. The van der Waals surface area contributed by atoms with E-state index < -0.39 is 0 Å². The maximum absolute atomic E-state index is 12.8. The van der Waals surface area contributed by atoms with E-state index in [2.05, 4.69) is 21.4 Å². The van der Waals surface area contributed by atoms with Gasteiger partial charge in [-0.2, -0.15) is 5.10 Å². The third-order valence-electron chi connectivity index (χ3n) is 5.37. The van der Waals surface area contributed by atoms with Crippen LogP contribution in [0.5, 0.6) is 0 Å². The van der Waals surface area contributed by atoms with Crippen LogP contribution < -0.4 is 5.32 Å². The number of fused-ring (bicyclic) bond motifs is 1. The molecule has 0 saturated heterocycles. The topological polar surface area (TPSA) is 89.8 Å². The molecule has 7 nitrogen and oxygen atoms in total. The molecule has 8 heteroatoms. The van der Waals surface area contributed by atoms with Gasteiger partial charge in [-0.15, -0.1) is 11.3 Å². The predicted molar refractivity (Wildman–Crippen MR) is 133 cm³/mol. The number of rotatable bonds is 6. The highest BCUT2D eigenvalue weighted by atomic mass is 32.1. The number of benzene rings is 2. The second kappa shape index (κ2) is 8.99. The molecule has 3 aromatic heterocycles. The molecule has 0 fully saturated rings. The summed E-state index contributed by atoms with van der Waals surface area (Å²) < 4.78 is 2.85. The molecule has 0 bridgehead atoms. The number of ketones is 1. The third-order valence-corrected chi connectivity index (χ3v) is 6.16. The summed E-state index contributed by atoms with van der Waals surface area (Å²) in [5.74, 6) is 0.412. The Balaban J connectivity index is 1.48. The second-order valence-corrected chi connectivity index (χ2v) is 8.85. The molecule has 1 N–H and O–H groups in total. The number of thiazole rings is 1. The van der Waals surface area contributed by atoms with Crippen molar-refractivity contribution in [3.63, 3.8) is 0 Å². The molecular formula is C26H21N5O2S. The molecule has 5 rings (SSSR count). The van der Waals surface area contributed by atoms with Crippen LogP contribution in [0.1, 0.15) is 28.7 Å². The Morgan fingerprint density at radius 3 is 2.71 bits per heavy atom. The third kappa shape index (κ3) is 4.49. The summed E-state index contributed by atoms with van der Waals surface area (Å²) in [4.78, 5) is 33.4. The van der Waals surface area contributed by atoms with Crippen LogP contribution in [0.4, 0.5) is 5.69 Å². The van der Waals surface area contributed by atoms with Crippen molar-refractivity contribution in [1.82, 2.24) is 19.7 Å². The van der Waals surface area contributed by atoms with Crippen molar-refractivity contribution in [3.05, 3.63) is 89.2 Å². The van der Waals surface area contributed by atoms with Crippen molar-refractivity contribution in [2.24, 2.45) is 0 Å². The summed E-state index contributed by atoms with van der Waals surface area (Å²) in [5.41, 5.74) is 7.19. The fourth-order valence-corrected chi connectivity index (χ4v) is 4.46. The maximum Gasteiger partial charge on any atom is 0.230 e. The molecule has 5 aromatic rings. The monoisotopic (exact) mass is 467 g/mol. The first-order valence-corrected chi connectivity index (χ1v) is 11.6. The van der Waals surface area contributed by atoms with Gasteiger partial charge in [-0.3, -0.25) is 9.59 Å². The quantitative estimate of drug-likeness (QED) is 0.345. The largest absolute Gasteiger partial charge is 0.326 e. The Morgan fingerprint density at radius 2 is 1.88 bits per heavy atom. The fourth-order valence-electron chi connectivity index (χ4n) is 3.74. The molecular weight excluding hydrogens is 446 g/mol. The average molecular weight is 468 g/mol. The van der Waals surface area contributed by atoms with Gasteiger partial charge in [-0.25, -0.2) is 14.6 Å². The van der Waals surface area contributed by atoms with Gasteiger partial charge in [0.15, 0.2) is 11.6 Å². The smallest absolute Gasteiger partial charge is 0.230 e. The van der Waals surface area contributed by atoms with Gasteiger partial charge in [0.1, 0.15) is 0 Å². The zero-order chi connectivity index (χ0) is 23.7. The minimum Gasteiger partial charge on any atom is -0.326 e. The van der Waals surface area contributed by atoms with Crippen LogP contribution in [-0.2, 0) is 11.2 Å². The SMILES string of the molecule is CC(=O)c1cccc(NC(=O)Cc2cc(-c3ccc4ncsc4c3)n(-c3cccc(C)n3)n2)c1. The van der Waals surface area contributed by atoms with E-state index in [4.69, 9.17) is 5.10 Å². The Bertz CT molecular complexity index is 1540. The molecule has 34 heavy (non-hydrogen) atoms. The van der Waals surface area contributed by atoms with Gasteiger partial charge in [-0.1, -0.05) is 24.3 Å². The van der Waals surface area contributed by atoms with Gasteiger partial charge >= 0.3 is 0 Å². The molecule has 0 atom stereocenters. The number of aromatic nitrogens is 4. The van der Waals surface area contributed by atoms with E-state index in [0.29, 0.717) is 22.8 Å². The number of nitrogens with zero attached hydrogens (tertiary/aromatic N) is 4. The number of hydrogen-bond acceptors (Lipinski definition) is 6. The van der Waals surface area contributed by atoms with E-state index in [1.807, 2.05) is 48.8 Å². The number of Topliss-reactive ketones (excluding diaryl/α,β-unsaturated/α-hetero) is 1. The van der Waals surface area contributed by atoms with Crippen molar-refractivity contribution in [3.8, 4) is 17.1 Å². The maximum atomic E-state index is 12.8. The molecule has 1 amide bonds. The van der Waals surface area contributed by atoms with Gasteiger partial charge in [0.25, 0.3) is 0 Å². The summed E-state index contributed by atoms with van der Waals surface area (Å²) in [6.45, 7) is 3.43. The van der Waals surface area contributed by atoms with Crippen LogP contribution in [-0.4, -0.2) is 31.4 Å². The highest BCUT2D eigenvalue weighted by molar-refractivity contribution is 7.16. The number of aryl methyl sites for hydroxylation is 1. The molecule has 168 valence electrons. The highest BCUT2D eigenvalue weighted by Gasteiger charge is 2.16. The minimum atomic E-state index is -0.216. The number of anilines is 1. The Labute approximate surface area is 200 Å². The van der Waals surface area contributed by atoms with Gasteiger partial charge < -0.3 is 5.32 Å². The molecule has 0 saturated carbocycles. The average Bonchev–Trinajstić information content (AvgIpc) is 3.45. The van der Waals surface area contributed by atoms with Crippen LogP contribution in [0.2, 0.25) is 0 Å². The summed E-state index contributed by atoms with van der Waals surface area (Å²) in [6, 6.07) is 20.6. The summed E-state index contributed by atoms with van der Waals surface area (Å²) in [5, 5.41) is 7.58. The zero-order valence-corrected chi connectivity index (χ0v) is 19.5. The van der Waals surface area contributed by atoms with E-state index in [0.717, 1.165) is 27.2 Å². The van der Waals surface area contributed by atoms with Gasteiger partial charge in [0.2, 0.25) is 5.91 Å². The highest BCUT2D eigenvalue weighted by Crippen LogP contribution is 2.28. The van der Waals surface area contributed by atoms with Gasteiger partial charge in [-0.05, 0) is 56.3 Å². The first-order chi connectivity index (χ1) is 16.5. The van der Waals surface area contributed by atoms with Crippen LogP contribution in [0.15, 0.2) is 72.2 Å². The molecule has 0 unspecified atom stereocenters. The van der Waals surface area contributed by atoms with Crippen molar-refractivity contribution < 1.29 is 9.59 Å². The lowest BCUT2D eigenvalue weighted by molar-refractivity contribution is -0.115. The fraction of sp³-hybridized carbons (Fsp3) is 0.115. The molecule has 3 heterocycles. The van der Waals surface area contributed by atoms with Gasteiger partial charge in [0, 0.05) is 22.5 Å². The van der Waals surface area contributed by atoms with E-state index in [-0.39, 0.29) is 18.1 Å². The minimum absolute atomic E-state index is 0.0527. The van der Waals surface area contributed by atoms with Gasteiger partial charge in [0.05, 0.1) is 33.5 Å². The Morgan fingerprint density at radius 1 is 1.03 bits per heavy atom. The number of pyridine rings is 1. The zero-order valence-electron chi connectivity index (χ0n) is 18.6. The van der Waals surface area contributed by atoms with Crippen molar-refractivity contribution >= 4 is 38.9 Å². The molecule has 0 aliphatic rings. The predicted octanol–water partition coefficient (Wildman–Crippen LogP) is 5.24. The molecule has 0 spiro atoms. The van der Waals surface area contributed by atoms with Crippen molar-refractivity contribution in [2.45, 2.75) is 20.3 Å². The summed E-state index contributed by atoms with van der Waals surface area (Å²) in [7, 11) is 0. The van der Waals surface area contributed by atoms with E-state index in [9.17, 15) is 9.59 Å². The molecule has 0 aliphatic heterocycles. The number of hydrogen-bond donors (Lipinski definition) is 1. The lowest BCUT2D eigenvalue weighted by atomic mass is 10.1. The standard InChI is InChI=1S/C26H21N5O2S/c1-16-5-3-8-25(28-16)31-23(19-9-10-22-24(12-19)34-15-27-22)13-21(30-31)14-26(33)29-20-7-4-6-18(11-20)17(2)32/h3-13,15H,14H2,1-2H3,(H,29,33). The first kappa shape index (κ1) is 21.7. The molecule has 2 aromatic carbocycles. The summed E-state index contributed by atoms with van der Waals surface area (Å²) >= 11 is 1.58.